The molecule has 17 heavy (non-hydrogen) atoms. The molecule has 5 nitrogen and oxygen atoms in total. The lowest BCUT2D eigenvalue weighted by Crippen LogP contribution is -2.11. The summed E-state index contributed by atoms with van der Waals surface area (Å²) in [4.78, 5) is 21.7. The van der Waals surface area contributed by atoms with Gasteiger partial charge in [0.1, 0.15) is 5.75 Å². The van der Waals surface area contributed by atoms with Crippen molar-refractivity contribution in [3.05, 3.63) is 29.3 Å². The van der Waals surface area contributed by atoms with Crippen LogP contribution in [0.5, 0.6) is 5.75 Å². The number of halogens is 1. The van der Waals surface area contributed by atoms with Crippen LogP contribution < -0.4 is 0 Å². The number of phenolic OH excluding ortho intramolecular Hbond substituents is 1. The van der Waals surface area contributed by atoms with E-state index in [4.69, 9.17) is 16.7 Å². The first-order valence-corrected chi connectivity index (χ1v) is 5.29. The standard InChI is InChI=1S/C11H11ClO5/c12-5-7(13)3-6-1-2-9(14)8(4-6)10(15)11(16)17/h1-2,4,10,14-15H,3,5H2,(H,16,17). The molecule has 1 aromatic carbocycles. The van der Waals surface area contributed by atoms with Gasteiger partial charge in [-0.1, -0.05) is 6.07 Å². The average molecular weight is 259 g/mol. The van der Waals surface area contributed by atoms with Gasteiger partial charge < -0.3 is 15.3 Å². The molecule has 0 heterocycles. The van der Waals surface area contributed by atoms with Gasteiger partial charge in [-0.2, -0.15) is 0 Å². The maximum absolute atomic E-state index is 11.1. The molecule has 6 heteroatoms. The Labute approximate surface area is 102 Å². The van der Waals surface area contributed by atoms with Gasteiger partial charge >= 0.3 is 5.97 Å². The van der Waals surface area contributed by atoms with Gasteiger partial charge in [-0.05, 0) is 17.7 Å². The maximum atomic E-state index is 11.1. The Hall–Kier alpha value is -1.59. The summed E-state index contributed by atoms with van der Waals surface area (Å²) in [7, 11) is 0. The molecule has 1 unspecified atom stereocenters. The summed E-state index contributed by atoms with van der Waals surface area (Å²) in [6, 6.07) is 3.98. The predicted octanol–water partition coefficient (Wildman–Crippen LogP) is 0.861. The number of carbonyl (C=O) groups excluding carboxylic acids is 1. The van der Waals surface area contributed by atoms with Crippen LogP contribution in [0.15, 0.2) is 18.2 Å². The van der Waals surface area contributed by atoms with Crippen molar-refractivity contribution in [2.75, 3.05) is 5.88 Å². The molecule has 0 aromatic heterocycles. The Bertz CT molecular complexity index is 443. The number of aromatic hydroxyl groups is 1. The highest BCUT2D eigenvalue weighted by Gasteiger charge is 2.20. The molecular formula is C11H11ClO5. The van der Waals surface area contributed by atoms with Crippen LogP contribution in [0.1, 0.15) is 17.2 Å². The quantitative estimate of drug-likeness (QED) is 0.681. The summed E-state index contributed by atoms with van der Waals surface area (Å²) in [5.74, 6) is -2.17. The minimum atomic E-state index is -1.82. The second-order valence-corrected chi connectivity index (χ2v) is 3.75. The van der Waals surface area contributed by atoms with E-state index in [9.17, 15) is 19.8 Å². The Morgan fingerprint density at radius 2 is 2.00 bits per heavy atom. The van der Waals surface area contributed by atoms with Crippen molar-refractivity contribution in [3.8, 4) is 5.75 Å². The first-order valence-electron chi connectivity index (χ1n) is 4.76. The number of benzene rings is 1. The van der Waals surface area contributed by atoms with Crippen molar-refractivity contribution in [1.82, 2.24) is 0 Å². The third-order valence-corrected chi connectivity index (χ3v) is 2.47. The van der Waals surface area contributed by atoms with E-state index in [2.05, 4.69) is 0 Å². The fraction of sp³-hybridized carbons (Fsp3) is 0.273. The third kappa shape index (κ3) is 3.44. The van der Waals surface area contributed by atoms with Crippen molar-refractivity contribution in [2.24, 2.45) is 0 Å². The largest absolute Gasteiger partial charge is 0.508 e. The normalized spacial score (nSPS) is 12.1. The highest BCUT2D eigenvalue weighted by molar-refractivity contribution is 6.27. The zero-order chi connectivity index (χ0) is 13.0. The Balaban J connectivity index is 3.02. The SMILES string of the molecule is O=C(CCl)Cc1ccc(O)c(C(O)C(=O)O)c1. The second-order valence-electron chi connectivity index (χ2n) is 3.48. The summed E-state index contributed by atoms with van der Waals surface area (Å²) in [6.07, 6.45) is -1.79. The van der Waals surface area contributed by atoms with Gasteiger partial charge in [-0.3, -0.25) is 4.79 Å². The topological polar surface area (TPSA) is 94.8 Å². The smallest absolute Gasteiger partial charge is 0.337 e. The Morgan fingerprint density at radius 3 is 2.53 bits per heavy atom. The number of rotatable bonds is 5. The molecule has 0 spiro atoms. The molecule has 0 aliphatic heterocycles. The zero-order valence-corrected chi connectivity index (χ0v) is 9.52. The molecule has 0 saturated carbocycles. The summed E-state index contributed by atoms with van der Waals surface area (Å²) in [5, 5.41) is 27.4. The second kappa shape index (κ2) is 5.65. The lowest BCUT2D eigenvalue weighted by atomic mass is 10.0. The van der Waals surface area contributed by atoms with Crippen LogP contribution >= 0.6 is 11.6 Å². The highest BCUT2D eigenvalue weighted by Crippen LogP contribution is 2.25. The zero-order valence-electron chi connectivity index (χ0n) is 8.76. The molecule has 0 radical (unpaired) electrons. The number of alkyl halides is 1. The van der Waals surface area contributed by atoms with E-state index >= 15 is 0 Å². The molecular weight excluding hydrogens is 248 g/mol. The number of Topliss-reactive ketones (excluding diaryl/α,β-unsaturated/α-hetero) is 1. The number of aliphatic carboxylic acids is 1. The van der Waals surface area contributed by atoms with Crippen LogP contribution in [0.3, 0.4) is 0 Å². The van der Waals surface area contributed by atoms with Gasteiger partial charge in [-0.25, -0.2) is 4.79 Å². The molecule has 0 amide bonds. The Kier molecular flexibility index (Phi) is 4.48. The van der Waals surface area contributed by atoms with Crippen molar-refractivity contribution >= 4 is 23.4 Å². The van der Waals surface area contributed by atoms with E-state index in [0.717, 1.165) is 0 Å². The Morgan fingerprint density at radius 1 is 1.35 bits per heavy atom. The lowest BCUT2D eigenvalue weighted by molar-refractivity contribution is -0.147. The van der Waals surface area contributed by atoms with Crippen molar-refractivity contribution in [1.29, 1.82) is 0 Å². The van der Waals surface area contributed by atoms with Gasteiger partial charge in [0.2, 0.25) is 0 Å². The monoisotopic (exact) mass is 258 g/mol. The summed E-state index contributed by atoms with van der Waals surface area (Å²) >= 11 is 5.34. The molecule has 0 saturated heterocycles. The van der Waals surface area contributed by atoms with Crippen molar-refractivity contribution < 1.29 is 24.9 Å². The van der Waals surface area contributed by atoms with E-state index in [-0.39, 0.29) is 29.4 Å². The predicted molar refractivity (Wildman–Crippen MR) is 60.1 cm³/mol. The number of aliphatic hydroxyl groups is 1. The number of carboxylic acid groups (broad SMARTS) is 1. The van der Waals surface area contributed by atoms with Crippen LogP contribution in [0, 0.1) is 0 Å². The molecule has 3 N–H and O–H groups in total. The number of carboxylic acids is 1. The van der Waals surface area contributed by atoms with E-state index in [0.29, 0.717) is 5.56 Å². The lowest BCUT2D eigenvalue weighted by Gasteiger charge is -2.10. The van der Waals surface area contributed by atoms with Crippen LogP contribution in [-0.2, 0) is 16.0 Å². The van der Waals surface area contributed by atoms with Crippen LogP contribution in [-0.4, -0.2) is 33.0 Å². The first-order chi connectivity index (χ1) is 7.95. The fourth-order valence-electron chi connectivity index (χ4n) is 1.34. The van der Waals surface area contributed by atoms with Crippen LogP contribution in [0.2, 0.25) is 0 Å². The fourth-order valence-corrected chi connectivity index (χ4v) is 1.44. The van der Waals surface area contributed by atoms with E-state index in [1.54, 1.807) is 0 Å². The van der Waals surface area contributed by atoms with Crippen LogP contribution in [0.4, 0.5) is 0 Å². The number of aliphatic hydroxyl groups excluding tert-OH is 1. The van der Waals surface area contributed by atoms with Crippen molar-refractivity contribution in [2.45, 2.75) is 12.5 Å². The highest BCUT2D eigenvalue weighted by atomic mass is 35.5. The van der Waals surface area contributed by atoms with Gasteiger partial charge in [0.05, 0.1) is 5.88 Å². The van der Waals surface area contributed by atoms with Gasteiger partial charge in [0.25, 0.3) is 0 Å². The van der Waals surface area contributed by atoms with Crippen molar-refractivity contribution in [3.63, 3.8) is 0 Å². The molecule has 0 fully saturated rings. The number of hydrogen-bond donors (Lipinski definition) is 3. The first kappa shape index (κ1) is 13.5. The molecule has 0 aliphatic rings. The number of hydrogen-bond acceptors (Lipinski definition) is 4. The summed E-state index contributed by atoms with van der Waals surface area (Å²) < 4.78 is 0. The van der Waals surface area contributed by atoms with E-state index < -0.39 is 12.1 Å². The van der Waals surface area contributed by atoms with E-state index in [1.807, 2.05) is 0 Å². The molecule has 1 atom stereocenters. The van der Waals surface area contributed by atoms with Gasteiger partial charge in [-0.15, -0.1) is 11.6 Å². The molecule has 1 aromatic rings. The van der Waals surface area contributed by atoms with Gasteiger partial charge in [0, 0.05) is 12.0 Å². The molecule has 1 rings (SSSR count). The molecule has 0 bridgehead atoms. The number of ketones is 1. The number of carbonyl (C=O) groups is 2. The van der Waals surface area contributed by atoms with E-state index in [1.165, 1.54) is 18.2 Å². The summed E-state index contributed by atoms with van der Waals surface area (Å²) in [6.45, 7) is 0. The minimum Gasteiger partial charge on any atom is -0.508 e. The third-order valence-electron chi connectivity index (χ3n) is 2.17. The molecule has 0 aliphatic carbocycles. The van der Waals surface area contributed by atoms with Gasteiger partial charge in [0.15, 0.2) is 11.9 Å². The maximum Gasteiger partial charge on any atom is 0.337 e. The average Bonchev–Trinajstić information content (AvgIpc) is 2.30. The van der Waals surface area contributed by atoms with Crippen LogP contribution in [0.25, 0.3) is 0 Å². The summed E-state index contributed by atoms with van der Waals surface area (Å²) in [5.41, 5.74) is 0.348. The number of phenols is 1. The minimum absolute atomic E-state index is 0.0309. The molecule has 92 valence electrons.